The Bertz CT molecular complexity index is 526. The fourth-order valence-corrected chi connectivity index (χ4v) is 1.63. The quantitative estimate of drug-likeness (QED) is 0.871. The highest BCUT2D eigenvalue weighted by Gasteiger charge is 2.16. The monoisotopic (exact) mass is 267 g/mol. The number of nitrogens with one attached hydrogen (secondary N) is 2. The second-order valence-electron chi connectivity index (χ2n) is 3.96. The van der Waals surface area contributed by atoms with Crippen molar-refractivity contribution in [2.75, 3.05) is 5.32 Å². The van der Waals surface area contributed by atoms with Gasteiger partial charge in [0, 0.05) is 18.5 Å². The van der Waals surface area contributed by atoms with Gasteiger partial charge in [0.2, 0.25) is 5.91 Å². The van der Waals surface area contributed by atoms with E-state index < -0.39 is 12.3 Å². The Balaban J connectivity index is 2.06. The second kappa shape index (κ2) is 5.55. The van der Waals surface area contributed by atoms with E-state index in [-0.39, 0.29) is 11.6 Å². The Morgan fingerprint density at radius 3 is 2.47 bits per heavy atom. The van der Waals surface area contributed by atoms with Crippen molar-refractivity contribution >= 4 is 23.2 Å². The fraction of sp³-hybridized carbons (Fsp3) is 0.250. The fourth-order valence-electron chi connectivity index (χ4n) is 1.63. The number of amides is 2. The van der Waals surface area contributed by atoms with Gasteiger partial charge >= 0.3 is 6.43 Å². The van der Waals surface area contributed by atoms with Crippen LogP contribution in [0.2, 0.25) is 0 Å². The van der Waals surface area contributed by atoms with Crippen molar-refractivity contribution in [3.63, 3.8) is 0 Å². The van der Waals surface area contributed by atoms with Gasteiger partial charge in [0.05, 0.1) is 5.71 Å². The molecule has 0 unspecified atom stereocenters. The number of hydrogen-bond acceptors (Lipinski definition) is 3. The lowest BCUT2D eigenvalue weighted by atomic mass is 10.0. The summed E-state index contributed by atoms with van der Waals surface area (Å²) in [4.78, 5) is 21.7. The third kappa shape index (κ3) is 3.34. The number of benzene rings is 1. The molecule has 2 amide bonds. The number of carbonyl (C=O) groups is 2. The zero-order chi connectivity index (χ0) is 13.8. The van der Waals surface area contributed by atoms with Gasteiger partial charge in [-0.25, -0.2) is 5.43 Å². The molecule has 2 N–H and O–H groups in total. The molecule has 1 aromatic rings. The van der Waals surface area contributed by atoms with E-state index in [0.29, 0.717) is 18.6 Å². The number of hydrogen-bond donors (Lipinski definition) is 2. The van der Waals surface area contributed by atoms with Crippen LogP contribution in [-0.4, -0.2) is 24.0 Å². The van der Waals surface area contributed by atoms with Gasteiger partial charge in [0.1, 0.15) is 0 Å². The maximum absolute atomic E-state index is 12.0. The standard InChI is InChI=1S/C12H11F2N3O2/c13-11(14)12(19)15-8-3-1-7(2-4-8)9-5-6-10(18)17-16-9/h1-4,11H,5-6H2,(H,15,19)(H,17,18). The van der Waals surface area contributed by atoms with Crippen molar-refractivity contribution in [2.45, 2.75) is 19.3 Å². The molecule has 1 aliphatic rings. The molecule has 19 heavy (non-hydrogen) atoms. The lowest BCUT2D eigenvalue weighted by molar-refractivity contribution is -0.126. The summed E-state index contributed by atoms with van der Waals surface area (Å²) in [5, 5.41) is 5.99. The zero-order valence-corrected chi connectivity index (χ0v) is 9.82. The summed E-state index contributed by atoms with van der Waals surface area (Å²) in [6.45, 7) is 0. The number of halogens is 2. The number of hydrazone groups is 1. The van der Waals surface area contributed by atoms with E-state index in [1.54, 1.807) is 12.1 Å². The maximum Gasteiger partial charge on any atom is 0.315 e. The number of carbonyl (C=O) groups excluding carboxylic acids is 2. The molecule has 0 bridgehead atoms. The molecular formula is C12H11F2N3O2. The van der Waals surface area contributed by atoms with Crippen LogP contribution in [-0.2, 0) is 9.59 Å². The van der Waals surface area contributed by atoms with Gasteiger partial charge in [-0.05, 0) is 17.7 Å². The topological polar surface area (TPSA) is 70.6 Å². The average molecular weight is 267 g/mol. The SMILES string of the molecule is O=C1CCC(c2ccc(NC(=O)C(F)F)cc2)=NN1. The Kier molecular flexibility index (Phi) is 3.84. The van der Waals surface area contributed by atoms with E-state index >= 15 is 0 Å². The first-order valence-corrected chi connectivity index (χ1v) is 5.61. The van der Waals surface area contributed by atoms with Crippen LogP contribution in [0.25, 0.3) is 0 Å². The van der Waals surface area contributed by atoms with Crippen LogP contribution in [0.3, 0.4) is 0 Å². The van der Waals surface area contributed by atoms with Gasteiger partial charge < -0.3 is 5.32 Å². The molecule has 0 aromatic heterocycles. The van der Waals surface area contributed by atoms with Crippen LogP contribution in [0, 0.1) is 0 Å². The summed E-state index contributed by atoms with van der Waals surface area (Å²) >= 11 is 0. The smallest absolute Gasteiger partial charge is 0.315 e. The molecular weight excluding hydrogens is 256 g/mol. The van der Waals surface area contributed by atoms with E-state index in [1.807, 2.05) is 0 Å². The molecule has 0 fully saturated rings. The molecule has 1 heterocycles. The molecule has 1 aliphatic heterocycles. The molecule has 5 nitrogen and oxygen atoms in total. The summed E-state index contributed by atoms with van der Waals surface area (Å²) in [7, 11) is 0. The van der Waals surface area contributed by atoms with Gasteiger partial charge in [-0.2, -0.15) is 13.9 Å². The first kappa shape index (κ1) is 13.1. The summed E-state index contributed by atoms with van der Waals surface area (Å²) in [5.41, 5.74) is 4.15. The van der Waals surface area contributed by atoms with Crippen LogP contribution in [0.5, 0.6) is 0 Å². The van der Waals surface area contributed by atoms with Crippen LogP contribution in [0.15, 0.2) is 29.4 Å². The highest BCUT2D eigenvalue weighted by Crippen LogP contribution is 2.14. The summed E-state index contributed by atoms with van der Waals surface area (Å²) in [6, 6.07) is 6.32. The van der Waals surface area contributed by atoms with Crippen molar-refractivity contribution in [3.8, 4) is 0 Å². The van der Waals surface area contributed by atoms with Crippen molar-refractivity contribution in [1.82, 2.24) is 5.43 Å². The predicted octanol–water partition coefficient (Wildman–Crippen LogP) is 1.50. The van der Waals surface area contributed by atoms with E-state index in [2.05, 4.69) is 15.8 Å². The van der Waals surface area contributed by atoms with E-state index in [4.69, 9.17) is 0 Å². The Morgan fingerprint density at radius 1 is 1.26 bits per heavy atom. The third-order valence-electron chi connectivity index (χ3n) is 2.59. The molecule has 0 aliphatic carbocycles. The number of anilines is 1. The lowest BCUT2D eigenvalue weighted by Gasteiger charge is -2.12. The number of rotatable bonds is 3. The van der Waals surface area contributed by atoms with Crippen LogP contribution < -0.4 is 10.7 Å². The molecule has 0 atom stereocenters. The molecule has 0 saturated carbocycles. The molecule has 1 aromatic carbocycles. The molecule has 2 rings (SSSR count). The van der Waals surface area contributed by atoms with E-state index in [0.717, 1.165) is 5.56 Å². The molecule has 0 spiro atoms. The Labute approximate surface area is 107 Å². The average Bonchev–Trinajstić information content (AvgIpc) is 2.40. The number of nitrogens with zero attached hydrogens (tertiary/aromatic N) is 1. The first-order valence-electron chi connectivity index (χ1n) is 5.61. The maximum atomic E-state index is 12.0. The first-order chi connectivity index (χ1) is 9.06. The van der Waals surface area contributed by atoms with E-state index in [1.165, 1.54) is 12.1 Å². The van der Waals surface area contributed by atoms with Crippen molar-refractivity contribution in [2.24, 2.45) is 5.10 Å². The van der Waals surface area contributed by atoms with Gasteiger partial charge in [-0.15, -0.1) is 0 Å². The van der Waals surface area contributed by atoms with Crippen LogP contribution in [0.1, 0.15) is 18.4 Å². The zero-order valence-electron chi connectivity index (χ0n) is 9.82. The third-order valence-corrected chi connectivity index (χ3v) is 2.59. The minimum absolute atomic E-state index is 0.135. The molecule has 0 saturated heterocycles. The summed E-state index contributed by atoms with van der Waals surface area (Å²) in [6.07, 6.45) is -2.16. The van der Waals surface area contributed by atoms with Crippen LogP contribution >= 0.6 is 0 Å². The molecule has 7 heteroatoms. The van der Waals surface area contributed by atoms with Gasteiger partial charge in [-0.3, -0.25) is 9.59 Å². The van der Waals surface area contributed by atoms with E-state index in [9.17, 15) is 18.4 Å². The normalized spacial score (nSPS) is 14.9. The molecule has 0 radical (unpaired) electrons. The second-order valence-corrected chi connectivity index (χ2v) is 3.96. The Morgan fingerprint density at radius 2 is 1.95 bits per heavy atom. The number of alkyl halides is 2. The predicted molar refractivity (Wildman–Crippen MR) is 65.0 cm³/mol. The lowest BCUT2D eigenvalue weighted by Crippen LogP contribution is -2.25. The van der Waals surface area contributed by atoms with Gasteiger partial charge in [0.25, 0.3) is 5.91 Å². The minimum atomic E-state index is -3.04. The van der Waals surface area contributed by atoms with Crippen molar-refractivity contribution in [3.05, 3.63) is 29.8 Å². The minimum Gasteiger partial charge on any atom is -0.321 e. The van der Waals surface area contributed by atoms with Crippen molar-refractivity contribution < 1.29 is 18.4 Å². The van der Waals surface area contributed by atoms with Crippen molar-refractivity contribution in [1.29, 1.82) is 0 Å². The highest BCUT2D eigenvalue weighted by molar-refractivity contribution is 6.04. The largest absolute Gasteiger partial charge is 0.321 e. The summed E-state index contributed by atoms with van der Waals surface area (Å²) < 4.78 is 24.1. The Hall–Kier alpha value is -2.31. The van der Waals surface area contributed by atoms with Gasteiger partial charge in [0.15, 0.2) is 0 Å². The summed E-state index contributed by atoms with van der Waals surface area (Å²) in [5.74, 6) is -1.47. The van der Waals surface area contributed by atoms with Gasteiger partial charge in [-0.1, -0.05) is 12.1 Å². The molecule has 100 valence electrons. The highest BCUT2D eigenvalue weighted by atomic mass is 19.3. The van der Waals surface area contributed by atoms with Crippen LogP contribution in [0.4, 0.5) is 14.5 Å².